The van der Waals surface area contributed by atoms with Crippen LogP contribution in [0.2, 0.25) is 0 Å². The number of rotatable bonds is 5. The van der Waals surface area contributed by atoms with Crippen LogP contribution < -0.4 is 5.32 Å². The maximum Gasteiger partial charge on any atom is 0.247 e. The van der Waals surface area contributed by atoms with Gasteiger partial charge in [-0.15, -0.1) is 10.2 Å². The van der Waals surface area contributed by atoms with Gasteiger partial charge in [-0.25, -0.2) is 4.39 Å². The van der Waals surface area contributed by atoms with Crippen LogP contribution in [0.3, 0.4) is 0 Å². The summed E-state index contributed by atoms with van der Waals surface area (Å²) >= 11 is 0. The number of nitrogens with one attached hydrogen (secondary N) is 1. The van der Waals surface area contributed by atoms with Gasteiger partial charge in [0.2, 0.25) is 17.7 Å². The Morgan fingerprint density at radius 1 is 1.12 bits per heavy atom. The van der Waals surface area contributed by atoms with E-state index in [9.17, 15) is 9.18 Å². The first-order chi connectivity index (χ1) is 11.6. The maximum atomic E-state index is 13.5. The maximum absolute atomic E-state index is 13.5. The third-order valence-electron chi connectivity index (χ3n) is 3.52. The van der Waals surface area contributed by atoms with E-state index < -0.39 is 0 Å². The molecule has 3 rings (SSSR count). The Balaban J connectivity index is 1.57. The summed E-state index contributed by atoms with van der Waals surface area (Å²) in [6.07, 6.45) is 0.573. The molecule has 2 aromatic carbocycles. The zero-order valence-electron chi connectivity index (χ0n) is 13.1. The van der Waals surface area contributed by atoms with Crippen LogP contribution in [-0.2, 0) is 11.2 Å². The summed E-state index contributed by atoms with van der Waals surface area (Å²) in [7, 11) is 0. The molecule has 5 nitrogen and oxygen atoms in total. The van der Waals surface area contributed by atoms with E-state index in [-0.39, 0.29) is 18.1 Å². The molecule has 0 unspecified atom stereocenters. The number of carbonyl (C=O) groups excluding carboxylic acids is 1. The molecule has 0 saturated carbocycles. The van der Waals surface area contributed by atoms with Gasteiger partial charge in [-0.3, -0.25) is 4.79 Å². The highest BCUT2D eigenvalue weighted by molar-refractivity contribution is 5.91. The van der Waals surface area contributed by atoms with Crippen LogP contribution in [0.4, 0.5) is 10.1 Å². The number of carbonyl (C=O) groups is 1. The van der Waals surface area contributed by atoms with E-state index in [0.29, 0.717) is 29.5 Å². The number of aromatic nitrogens is 2. The van der Waals surface area contributed by atoms with Gasteiger partial charge in [0, 0.05) is 24.6 Å². The Kier molecular flexibility index (Phi) is 4.65. The molecule has 0 fully saturated rings. The van der Waals surface area contributed by atoms with Gasteiger partial charge in [0.25, 0.3) is 0 Å². The van der Waals surface area contributed by atoms with Crippen molar-refractivity contribution in [1.82, 2.24) is 10.2 Å². The van der Waals surface area contributed by atoms with E-state index in [4.69, 9.17) is 4.42 Å². The molecule has 24 heavy (non-hydrogen) atoms. The number of nitrogens with zero attached hydrogens (tertiary/aromatic N) is 2. The molecular weight excluding hydrogens is 309 g/mol. The second-order valence-electron chi connectivity index (χ2n) is 5.34. The van der Waals surface area contributed by atoms with E-state index in [1.165, 1.54) is 6.07 Å². The minimum atomic E-state index is -0.287. The fourth-order valence-electron chi connectivity index (χ4n) is 2.28. The Bertz CT molecular complexity index is 843. The van der Waals surface area contributed by atoms with Gasteiger partial charge >= 0.3 is 0 Å². The normalized spacial score (nSPS) is 10.6. The Morgan fingerprint density at radius 2 is 1.88 bits per heavy atom. The molecule has 1 N–H and O–H groups in total. The quantitative estimate of drug-likeness (QED) is 0.775. The Morgan fingerprint density at radius 3 is 2.54 bits per heavy atom. The molecule has 1 amide bonds. The number of hydrogen-bond donors (Lipinski definition) is 1. The van der Waals surface area contributed by atoms with Crippen molar-refractivity contribution >= 4 is 11.6 Å². The standard InChI is InChI=1S/C18H16FN3O2/c1-12-21-22-18(24-12)14-6-9-15(10-7-14)20-17(23)11-8-13-4-2-3-5-16(13)19/h2-7,9-10H,8,11H2,1H3,(H,20,23). The van der Waals surface area contributed by atoms with Gasteiger partial charge in [0.05, 0.1) is 0 Å². The summed E-state index contributed by atoms with van der Waals surface area (Å²) in [5, 5.41) is 10.5. The van der Waals surface area contributed by atoms with Crippen LogP contribution >= 0.6 is 0 Å². The lowest BCUT2D eigenvalue weighted by Gasteiger charge is -2.06. The molecule has 1 aromatic heterocycles. The summed E-state index contributed by atoms with van der Waals surface area (Å²) in [5.74, 6) is 0.476. The molecule has 0 bridgehead atoms. The fraction of sp³-hybridized carbons (Fsp3) is 0.167. The lowest BCUT2D eigenvalue weighted by molar-refractivity contribution is -0.116. The van der Waals surface area contributed by atoms with Crippen molar-refractivity contribution in [2.24, 2.45) is 0 Å². The molecule has 122 valence electrons. The van der Waals surface area contributed by atoms with Gasteiger partial charge in [-0.2, -0.15) is 0 Å². The van der Waals surface area contributed by atoms with Crippen LogP contribution in [-0.4, -0.2) is 16.1 Å². The molecule has 6 heteroatoms. The smallest absolute Gasteiger partial charge is 0.247 e. The molecule has 0 spiro atoms. The van der Waals surface area contributed by atoms with Crippen LogP contribution in [0.15, 0.2) is 52.9 Å². The first-order valence-electron chi connectivity index (χ1n) is 7.55. The predicted molar refractivity (Wildman–Crippen MR) is 87.8 cm³/mol. The first-order valence-corrected chi connectivity index (χ1v) is 7.55. The molecule has 0 atom stereocenters. The third kappa shape index (κ3) is 3.84. The highest BCUT2D eigenvalue weighted by atomic mass is 19.1. The Labute approximate surface area is 138 Å². The van der Waals surface area contributed by atoms with Gasteiger partial charge < -0.3 is 9.73 Å². The van der Waals surface area contributed by atoms with Gasteiger partial charge in [-0.1, -0.05) is 18.2 Å². The van der Waals surface area contributed by atoms with Crippen LogP contribution in [0.1, 0.15) is 17.9 Å². The zero-order chi connectivity index (χ0) is 16.9. The predicted octanol–water partition coefficient (Wildman–Crippen LogP) is 3.76. The molecule has 0 aliphatic carbocycles. The number of amides is 1. The first kappa shape index (κ1) is 15.9. The molecule has 0 aliphatic heterocycles. The van der Waals surface area contributed by atoms with Crippen LogP contribution in [0.5, 0.6) is 0 Å². The van der Waals surface area contributed by atoms with Crippen molar-refractivity contribution < 1.29 is 13.6 Å². The van der Waals surface area contributed by atoms with E-state index >= 15 is 0 Å². The van der Waals surface area contributed by atoms with Crippen LogP contribution in [0.25, 0.3) is 11.5 Å². The lowest BCUT2D eigenvalue weighted by atomic mass is 10.1. The van der Waals surface area contributed by atoms with E-state index in [1.54, 1.807) is 49.4 Å². The number of aryl methyl sites for hydroxylation is 2. The van der Waals surface area contributed by atoms with Crippen LogP contribution in [0, 0.1) is 12.7 Å². The summed E-state index contributed by atoms with van der Waals surface area (Å²) in [6, 6.07) is 13.6. The molecular formula is C18H16FN3O2. The average Bonchev–Trinajstić information content (AvgIpc) is 3.01. The van der Waals surface area contributed by atoms with Crippen molar-refractivity contribution in [2.45, 2.75) is 19.8 Å². The number of hydrogen-bond acceptors (Lipinski definition) is 4. The number of anilines is 1. The monoisotopic (exact) mass is 325 g/mol. The van der Waals surface area contributed by atoms with Crippen molar-refractivity contribution in [3.8, 4) is 11.5 Å². The second-order valence-corrected chi connectivity index (χ2v) is 5.34. The summed E-state index contributed by atoms with van der Waals surface area (Å²) in [4.78, 5) is 12.0. The highest BCUT2D eigenvalue weighted by Crippen LogP contribution is 2.20. The van der Waals surface area contributed by atoms with Gasteiger partial charge in [0.15, 0.2) is 0 Å². The minimum absolute atomic E-state index is 0.167. The third-order valence-corrected chi connectivity index (χ3v) is 3.52. The molecule has 0 radical (unpaired) electrons. The zero-order valence-corrected chi connectivity index (χ0v) is 13.1. The summed E-state index contributed by atoms with van der Waals surface area (Å²) < 4.78 is 18.9. The SMILES string of the molecule is Cc1nnc(-c2ccc(NC(=O)CCc3ccccc3F)cc2)o1. The largest absolute Gasteiger partial charge is 0.421 e. The van der Waals surface area contributed by atoms with Crippen molar-refractivity contribution in [3.05, 3.63) is 65.8 Å². The number of benzene rings is 2. The van der Waals surface area contributed by atoms with Crippen molar-refractivity contribution in [3.63, 3.8) is 0 Å². The molecule has 3 aromatic rings. The summed E-state index contributed by atoms with van der Waals surface area (Å²) in [5.41, 5.74) is 1.98. The van der Waals surface area contributed by atoms with Crippen molar-refractivity contribution in [1.29, 1.82) is 0 Å². The average molecular weight is 325 g/mol. The van der Waals surface area contributed by atoms with E-state index in [1.807, 2.05) is 0 Å². The fourth-order valence-corrected chi connectivity index (χ4v) is 2.28. The van der Waals surface area contributed by atoms with Gasteiger partial charge in [-0.05, 0) is 42.3 Å². The topological polar surface area (TPSA) is 68.0 Å². The Hall–Kier alpha value is -3.02. The lowest BCUT2D eigenvalue weighted by Crippen LogP contribution is -2.12. The number of halogens is 1. The van der Waals surface area contributed by atoms with Crippen molar-refractivity contribution in [2.75, 3.05) is 5.32 Å². The summed E-state index contributed by atoms with van der Waals surface area (Å²) in [6.45, 7) is 1.72. The van der Waals surface area contributed by atoms with E-state index in [2.05, 4.69) is 15.5 Å². The highest BCUT2D eigenvalue weighted by Gasteiger charge is 2.08. The minimum Gasteiger partial charge on any atom is -0.421 e. The second kappa shape index (κ2) is 7.04. The molecule has 0 saturated heterocycles. The van der Waals surface area contributed by atoms with E-state index in [0.717, 1.165) is 5.56 Å². The molecule has 0 aliphatic rings. The van der Waals surface area contributed by atoms with Gasteiger partial charge in [0.1, 0.15) is 5.82 Å². The molecule has 1 heterocycles.